The highest BCUT2D eigenvalue weighted by Crippen LogP contribution is 2.28. The van der Waals surface area contributed by atoms with Crippen LogP contribution in [0.4, 0.5) is 10.1 Å². The molecule has 0 saturated heterocycles. The molecule has 0 radical (unpaired) electrons. The predicted molar refractivity (Wildman–Crippen MR) is 97.2 cm³/mol. The van der Waals surface area contributed by atoms with Crippen LogP contribution >= 0.6 is 31.9 Å². The van der Waals surface area contributed by atoms with E-state index in [1.165, 1.54) is 18.3 Å². The molecule has 120 valence electrons. The van der Waals surface area contributed by atoms with Crippen LogP contribution < -0.4 is 10.7 Å². The maximum atomic E-state index is 12.8. The lowest BCUT2D eigenvalue weighted by atomic mass is 10.2. The van der Waals surface area contributed by atoms with E-state index in [-0.39, 0.29) is 18.3 Å². The minimum Gasteiger partial charge on any atom is -0.376 e. The molecule has 0 fully saturated rings. The number of hydrogen-bond acceptors (Lipinski definition) is 3. The highest BCUT2D eigenvalue weighted by atomic mass is 79.9. The van der Waals surface area contributed by atoms with Crippen molar-refractivity contribution < 1.29 is 9.18 Å². The van der Waals surface area contributed by atoms with E-state index in [1.54, 1.807) is 12.1 Å². The summed E-state index contributed by atoms with van der Waals surface area (Å²) in [5.41, 5.74) is 5.01. The molecule has 0 aliphatic rings. The fraction of sp³-hybridized carbons (Fsp3) is 0.125. The Morgan fingerprint density at radius 3 is 2.43 bits per heavy atom. The second-order valence-corrected chi connectivity index (χ2v) is 6.47. The Balaban J connectivity index is 1.84. The third-order valence-corrected chi connectivity index (χ3v) is 4.65. The van der Waals surface area contributed by atoms with Crippen molar-refractivity contribution in [3.63, 3.8) is 0 Å². The zero-order chi connectivity index (χ0) is 16.8. The van der Waals surface area contributed by atoms with Crippen molar-refractivity contribution in [3.05, 3.63) is 62.3 Å². The zero-order valence-electron chi connectivity index (χ0n) is 12.2. The van der Waals surface area contributed by atoms with Gasteiger partial charge in [0.1, 0.15) is 5.82 Å². The molecule has 7 heteroatoms. The lowest BCUT2D eigenvalue weighted by molar-refractivity contribution is -0.119. The highest BCUT2D eigenvalue weighted by Gasteiger charge is 2.05. The summed E-state index contributed by atoms with van der Waals surface area (Å²) in [5.74, 6) is -0.595. The van der Waals surface area contributed by atoms with E-state index in [0.29, 0.717) is 5.56 Å². The summed E-state index contributed by atoms with van der Waals surface area (Å²) in [4.78, 5) is 11.7. The van der Waals surface area contributed by atoms with Gasteiger partial charge in [0.05, 0.1) is 12.8 Å². The number of carbonyl (C=O) groups is 1. The first-order chi connectivity index (χ1) is 11.0. The summed E-state index contributed by atoms with van der Waals surface area (Å²) in [6.07, 6.45) is 1.45. The SMILES string of the molecule is Cc1c(Br)cc(NCC(=O)N/N=C\c2ccc(F)cc2)cc1Br. The molecule has 2 aromatic carbocycles. The molecule has 2 rings (SSSR count). The Kier molecular flexibility index (Phi) is 6.29. The van der Waals surface area contributed by atoms with Crippen molar-refractivity contribution in [1.82, 2.24) is 5.43 Å². The summed E-state index contributed by atoms with van der Waals surface area (Å²) in [6.45, 7) is 2.07. The lowest BCUT2D eigenvalue weighted by Crippen LogP contribution is -2.25. The smallest absolute Gasteiger partial charge is 0.259 e. The second-order valence-electron chi connectivity index (χ2n) is 4.76. The number of hydrogen-bond donors (Lipinski definition) is 2. The van der Waals surface area contributed by atoms with Gasteiger partial charge in [0.15, 0.2) is 0 Å². The van der Waals surface area contributed by atoms with Gasteiger partial charge in [-0.25, -0.2) is 9.82 Å². The first-order valence-corrected chi connectivity index (χ1v) is 8.31. The first kappa shape index (κ1) is 17.6. The largest absolute Gasteiger partial charge is 0.376 e. The number of hydrazone groups is 1. The zero-order valence-corrected chi connectivity index (χ0v) is 15.4. The van der Waals surface area contributed by atoms with E-state index < -0.39 is 0 Å². The third-order valence-electron chi connectivity index (χ3n) is 3.01. The molecule has 0 aromatic heterocycles. The number of amides is 1. The minimum absolute atomic E-state index is 0.0860. The molecule has 2 N–H and O–H groups in total. The van der Waals surface area contributed by atoms with E-state index in [4.69, 9.17) is 0 Å². The van der Waals surface area contributed by atoms with Gasteiger partial charge in [-0.2, -0.15) is 5.10 Å². The third kappa shape index (κ3) is 5.44. The molecule has 0 unspecified atom stereocenters. The van der Waals surface area contributed by atoms with Crippen LogP contribution in [0.25, 0.3) is 0 Å². The summed E-state index contributed by atoms with van der Waals surface area (Å²) in [6, 6.07) is 9.61. The maximum absolute atomic E-state index is 12.8. The van der Waals surface area contributed by atoms with Gasteiger partial charge in [-0.15, -0.1) is 0 Å². The quantitative estimate of drug-likeness (QED) is 0.538. The maximum Gasteiger partial charge on any atom is 0.259 e. The van der Waals surface area contributed by atoms with Gasteiger partial charge in [0.25, 0.3) is 5.91 Å². The van der Waals surface area contributed by atoms with Crippen molar-refractivity contribution in [2.75, 3.05) is 11.9 Å². The average molecular weight is 443 g/mol. The summed E-state index contributed by atoms with van der Waals surface area (Å²) in [5, 5.41) is 6.84. The molecule has 0 aliphatic carbocycles. The molecular formula is C16H14Br2FN3O. The van der Waals surface area contributed by atoms with E-state index in [9.17, 15) is 9.18 Å². The number of nitrogens with one attached hydrogen (secondary N) is 2. The van der Waals surface area contributed by atoms with Crippen molar-refractivity contribution >= 4 is 49.7 Å². The van der Waals surface area contributed by atoms with Crippen LogP contribution in [-0.2, 0) is 4.79 Å². The number of anilines is 1. The van der Waals surface area contributed by atoms with E-state index in [1.807, 2.05) is 19.1 Å². The molecule has 0 spiro atoms. The standard InChI is InChI=1S/C16H14Br2FN3O/c1-10-14(17)6-13(7-15(10)18)20-9-16(23)22-21-8-11-2-4-12(19)5-3-11/h2-8,20H,9H2,1H3,(H,22,23)/b21-8-. The highest BCUT2D eigenvalue weighted by molar-refractivity contribution is 9.11. The van der Waals surface area contributed by atoms with Gasteiger partial charge < -0.3 is 5.32 Å². The van der Waals surface area contributed by atoms with E-state index in [2.05, 4.69) is 47.7 Å². The number of carbonyl (C=O) groups excluding carboxylic acids is 1. The topological polar surface area (TPSA) is 53.5 Å². The Morgan fingerprint density at radius 2 is 1.83 bits per heavy atom. The Morgan fingerprint density at radius 1 is 1.22 bits per heavy atom. The molecule has 0 heterocycles. The van der Waals surface area contributed by atoms with Crippen LogP contribution in [0.15, 0.2) is 50.4 Å². The molecule has 0 atom stereocenters. The van der Waals surface area contributed by atoms with Gasteiger partial charge in [-0.1, -0.05) is 44.0 Å². The fourth-order valence-electron chi connectivity index (χ4n) is 1.70. The van der Waals surface area contributed by atoms with Crippen LogP contribution in [-0.4, -0.2) is 18.7 Å². The van der Waals surface area contributed by atoms with Gasteiger partial charge in [0.2, 0.25) is 0 Å². The Bertz CT molecular complexity index is 710. The molecule has 1 amide bonds. The number of nitrogens with zero attached hydrogens (tertiary/aromatic N) is 1. The van der Waals surface area contributed by atoms with Crippen LogP contribution in [0, 0.1) is 12.7 Å². The van der Waals surface area contributed by atoms with Crippen molar-refractivity contribution in [2.24, 2.45) is 5.10 Å². The lowest BCUT2D eigenvalue weighted by Gasteiger charge is -2.09. The normalized spacial score (nSPS) is 10.8. The van der Waals surface area contributed by atoms with E-state index in [0.717, 1.165) is 20.2 Å². The predicted octanol–water partition coefficient (Wildman–Crippen LogP) is 4.22. The monoisotopic (exact) mass is 441 g/mol. The minimum atomic E-state index is -0.314. The number of halogens is 3. The van der Waals surface area contributed by atoms with Crippen LogP contribution in [0.5, 0.6) is 0 Å². The number of rotatable bonds is 5. The Labute approximate surface area is 150 Å². The first-order valence-electron chi connectivity index (χ1n) is 6.72. The Hall–Kier alpha value is -1.73. The number of benzene rings is 2. The van der Waals surface area contributed by atoms with Crippen molar-refractivity contribution in [1.29, 1.82) is 0 Å². The summed E-state index contributed by atoms with van der Waals surface area (Å²) < 4.78 is 14.6. The molecule has 2 aromatic rings. The molecule has 0 saturated carbocycles. The molecule has 23 heavy (non-hydrogen) atoms. The van der Waals surface area contributed by atoms with E-state index >= 15 is 0 Å². The van der Waals surface area contributed by atoms with Gasteiger partial charge in [-0.3, -0.25) is 4.79 Å². The second kappa shape index (κ2) is 8.21. The van der Waals surface area contributed by atoms with Gasteiger partial charge >= 0.3 is 0 Å². The summed E-state index contributed by atoms with van der Waals surface area (Å²) in [7, 11) is 0. The van der Waals surface area contributed by atoms with Gasteiger partial charge in [0, 0.05) is 14.6 Å². The van der Waals surface area contributed by atoms with Gasteiger partial charge in [-0.05, 0) is 42.3 Å². The summed E-state index contributed by atoms with van der Waals surface area (Å²) >= 11 is 6.91. The fourth-order valence-corrected chi connectivity index (χ4v) is 2.88. The average Bonchev–Trinajstić information content (AvgIpc) is 2.52. The molecule has 0 bridgehead atoms. The molecule has 0 aliphatic heterocycles. The van der Waals surface area contributed by atoms with Crippen LogP contribution in [0.2, 0.25) is 0 Å². The molecular weight excluding hydrogens is 429 g/mol. The van der Waals surface area contributed by atoms with Crippen LogP contribution in [0.3, 0.4) is 0 Å². The van der Waals surface area contributed by atoms with Crippen molar-refractivity contribution in [2.45, 2.75) is 6.92 Å². The van der Waals surface area contributed by atoms with Crippen LogP contribution in [0.1, 0.15) is 11.1 Å². The van der Waals surface area contributed by atoms with Crippen molar-refractivity contribution in [3.8, 4) is 0 Å². The molecule has 4 nitrogen and oxygen atoms in total.